The zero-order valence-corrected chi connectivity index (χ0v) is 14.2. The molecule has 0 bridgehead atoms. The number of hydrazone groups is 1. The van der Waals surface area contributed by atoms with Crippen LogP contribution in [0.5, 0.6) is 11.5 Å². The Morgan fingerprint density at radius 2 is 1.92 bits per heavy atom. The van der Waals surface area contributed by atoms with Crippen LogP contribution in [0.1, 0.15) is 5.56 Å². The highest BCUT2D eigenvalue weighted by Crippen LogP contribution is 2.27. The van der Waals surface area contributed by atoms with Crippen LogP contribution in [-0.2, 0) is 14.8 Å². The highest BCUT2D eigenvalue weighted by Gasteiger charge is 2.11. The van der Waals surface area contributed by atoms with E-state index in [1.165, 1.54) is 25.5 Å². The van der Waals surface area contributed by atoms with Gasteiger partial charge < -0.3 is 15.2 Å². The van der Waals surface area contributed by atoms with E-state index in [9.17, 15) is 13.2 Å². The number of amides is 1. The Balaban J connectivity index is 2.09. The normalized spacial score (nSPS) is 11.2. The number of hydrogen-bond donors (Lipinski definition) is 2. The van der Waals surface area contributed by atoms with Crippen LogP contribution in [0.2, 0.25) is 0 Å². The Kier molecular flexibility index (Phi) is 5.96. The predicted molar refractivity (Wildman–Crippen MR) is 92.0 cm³/mol. The molecule has 0 atom stereocenters. The summed E-state index contributed by atoms with van der Waals surface area (Å²) in [5.74, 6) is 0.0856. The lowest BCUT2D eigenvalue weighted by atomic mass is 10.2. The first kappa shape index (κ1) is 18.3. The van der Waals surface area contributed by atoms with Gasteiger partial charge in [-0.15, -0.1) is 0 Å². The Labute approximate surface area is 145 Å². The molecule has 132 valence electrons. The molecular formula is C16H17N3O5S. The van der Waals surface area contributed by atoms with Crippen LogP contribution in [0.15, 0.2) is 58.5 Å². The maximum Gasteiger partial charge on any atom is 0.276 e. The molecule has 2 aromatic rings. The highest BCUT2D eigenvalue weighted by molar-refractivity contribution is 7.89. The SMILES string of the molecule is COc1cc(/C=N/NS(=O)(=O)c2ccccc2)ccc1OCC(N)=O. The lowest BCUT2D eigenvalue weighted by Crippen LogP contribution is -2.20. The molecule has 0 aliphatic rings. The van der Waals surface area contributed by atoms with E-state index in [1.54, 1.807) is 36.4 Å². The van der Waals surface area contributed by atoms with Crippen LogP contribution in [-0.4, -0.2) is 34.3 Å². The summed E-state index contributed by atoms with van der Waals surface area (Å²) < 4.78 is 34.4. The molecule has 0 saturated heterocycles. The topological polar surface area (TPSA) is 120 Å². The number of ether oxygens (including phenoxy) is 2. The smallest absolute Gasteiger partial charge is 0.276 e. The Bertz CT molecular complexity index is 867. The number of primary amides is 1. The van der Waals surface area contributed by atoms with Crippen molar-refractivity contribution < 1.29 is 22.7 Å². The van der Waals surface area contributed by atoms with Gasteiger partial charge in [-0.3, -0.25) is 4.79 Å². The summed E-state index contributed by atoms with van der Waals surface area (Å²) in [6.45, 7) is -0.277. The second-order valence-electron chi connectivity index (χ2n) is 4.83. The van der Waals surface area contributed by atoms with Crippen molar-refractivity contribution in [3.05, 3.63) is 54.1 Å². The molecule has 0 spiro atoms. The summed E-state index contributed by atoms with van der Waals surface area (Å²) in [6.07, 6.45) is 1.32. The molecule has 9 heteroatoms. The minimum atomic E-state index is -3.73. The van der Waals surface area contributed by atoms with E-state index >= 15 is 0 Å². The zero-order chi connectivity index (χ0) is 18.3. The third-order valence-corrected chi connectivity index (χ3v) is 4.24. The Morgan fingerprint density at radius 3 is 2.56 bits per heavy atom. The zero-order valence-electron chi connectivity index (χ0n) is 13.4. The second kappa shape index (κ2) is 8.15. The van der Waals surface area contributed by atoms with Gasteiger partial charge in [-0.05, 0) is 35.9 Å². The predicted octanol–water partition coefficient (Wildman–Crippen LogP) is 0.872. The number of sulfonamides is 1. The van der Waals surface area contributed by atoms with E-state index in [4.69, 9.17) is 15.2 Å². The first-order valence-corrected chi connectivity index (χ1v) is 8.60. The number of rotatable bonds is 8. The van der Waals surface area contributed by atoms with Gasteiger partial charge in [-0.1, -0.05) is 18.2 Å². The number of methoxy groups -OCH3 is 1. The molecule has 0 aliphatic heterocycles. The molecule has 0 fully saturated rings. The molecule has 0 aromatic heterocycles. The fraction of sp³-hybridized carbons (Fsp3) is 0.125. The minimum Gasteiger partial charge on any atom is -0.493 e. The van der Waals surface area contributed by atoms with Gasteiger partial charge in [0.05, 0.1) is 18.2 Å². The van der Waals surface area contributed by atoms with Crippen LogP contribution in [0.25, 0.3) is 0 Å². The molecule has 25 heavy (non-hydrogen) atoms. The fourth-order valence-electron chi connectivity index (χ4n) is 1.86. The van der Waals surface area contributed by atoms with Gasteiger partial charge in [0.15, 0.2) is 18.1 Å². The molecule has 0 aliphatic carbocycles. The molecule has 0 heterocycles. The van der Waals surface area contributed by atoms with Crippen molar-refractivity contribution in [2.24, 2.45) is 10.8 Å². The van der Waals surface area contributed by atoms with Crippen molar-refractivity contribution >= 4 is 22.1 Å². The molecular weight excluding hydrogens is 346 g/mol. The van der Waals surface area contributed by atoms with Crippen LogP contribution in [0.4, 0.5) is 0 Å². The van der Waals surface area contributed by atoms with E-state index < -0.39 is 15.9 Å². The highest BCUT2D eigenvalue weighted by atomic mass is 32.2. The number of carbonyl (C=O) groups excluding carboxylic acids is 1. The standard InChI is InChI=1S/C16H17N3O5S/c1-23-15-9-12(7-8-14(15)24-11-16(17)20)10-18-19-25(21,22)13-5-3-2-4-6-13/h2-10,19H,11H2,1H3,(H2,17,20)/b18-10+. The molecule has 0 unspecified atom stereocenters. The molecule has 8 nitrogen and oxygen atoms in total. The number of nitrogens with two attached hydrogens (primary N) is 1. The summed E-state index contributed by atoms with van der Waals surface area (Å²) >= 11 is 0. The number of nitrogens with zero attached hydrogens (tertiary/aromatic N) is 1. The van der Waals surface area contributed by atoms with Crippen molar-refractivity contribution in [2.45, 2.75) is 4.90 Å². The maximum absolute atomic E-state index is 12.0. The Hall–Kier alpha value is -3.07. The van der Waals surface area contributed by atoms with Gasteiger partial charge in [0.25, 0.3) is 15.9 Å². The van der Waals surface area contributed by atoms with Crippen molar-refractivity contribution in [3.8, 4) is 11.5 Å². The van der Waals surface area contributed by atoms with E-state index in [2.05, 4.69) is 9.93 Å². The lowest BCUT2D eigenvalue weighted by molar-refractivity contribution is -0.119. The van der Waals surface area contributed by atoms with Gasteiger partial charge in [0.1, 0.15) is 0 Å². The molecule has 1 amide bonds. The number of hydrogen-bond acceptors (Lipinski definition) is 6. The first-order chi connectivity index (χ1) is 11.9. The summed E-state index contributed by atoms with van der Waals surface area (Å²) in [5, 5.41) is 3.74. The molecule has 2 rings (SSSR count). The van der Waals surface area contributed by atoms with Gasteiger partial charge >= 0.3 is 0 Å². The van der Waals surface area contributed by atoms with Crippen LogP contribution in [0.3, 0.4) is 0 Å². The van der Waals surface area contributed by atoms with Crippen molar-refractivity contribution in [1.29, 1.82) is 0 Å². The molecule has 0 saturated carbocycles. The number of nitrogens with one attached hydrogen (secondary N) is 1. The third-order valence-electron chi connectivity index (χ3n) is 3.00. The van der Waals surface area contributed by atoms with Gasteiger partial charge in [0.2, 0.25) is 0 Å². The largest absolute Gasteiger partial charge is 0.493 e. The molecule has 2 aromatic carbocycles. The maximum atomic E-state index is 12.0. The Morgan fingerprint density at radius 1 is 1.20 bits per heavy atom. The van der Waals surface area contributed by atoms with Crippen molar-refractivity contribution in [1.82, 2.24) is 4.83 Å². The lowest BCUT2D eigenvalue weighted by Gasteiger charge is -2.09. The molecule has 0 radical (unpaired) electrons. The number of benzene rings is 2. The van der Waals surface area contributed by atoms with Crippen molar-refractivity contribution in [2.75, 3.05) is 13.7 Å². The first-order valence-electron chi connectivity index (χ1n) is 7.11. The van der Waals surface area contributed by atoms with Gasteiger partial charge in [-0.2, -0.15) is 13.5 Å². The minimum absolute atomic E-state index is 0.111. The summed E-state index contributed by atoms with van der Waals surface area (Å²) in [6, 6.07) is 12.7. The van der Waals surface area contributed by atoms with E-state index in [1.807, 2.05) is 0 Å². The summed E-state index contributed by atoms with van der Waals surface area (Å²) in [4.78, 5) is 13.0. The quantitative estimate of drug-likeness (QED) is 0.533. The third kappa shape index (κ3) is 5.21. The van der Waals surface area contributed by atoms with Crippen LogP contribution < -0.4 is 20.0 Å². The van der Waals surface area contributed by atoms with Gasteiger partial charge in [-0.25, -0.2) is 4.83 Å². The second-order valence-corrected chi connectivity index (χ2v) is 6.49. The van der Waals surface area contributed by atoms with Crippen molar-refractivity contribution in [3.63, 3.8) is 0 Å². The molecule has 3 N–H and O–H groups in total. The average Bonchev–Trinajstić information content (AvgIpc) is 2.61. The fourth-order valence-corrected chi connectivity index (χ4v) is 2.67. The number of carbonyl (C=O) groups is 1. The summed E-state index contributed by atoms with van der Waals surface area (Å²) in [7, 11) is -2.29. The van der Waals surface area contributed by atoms with E-state index in [-0.39, 0.29) is 11.5 Å². The van der Waals surface area contributed by atoms with E-state index in [0.717, 1.165) is 0 Å². The average molecular weight is 363 g/mol. The van der Waals surface area contributed by atoms with Gasteiger partial charge in [0, 0.05) is 0 Å². The van der Waals surface area contributed by atoms with E-state index in [0.29, 0.717) is 17.1 Å². The van der Waals surface area contributed by atoms with Crippen LogP contribution >= 0.6 is 0 Å². The summed E-state index contributed by atoms with van der Waals surface area (Å²) in [5.41, 5.74) is 5.59. The monoisotopic (exact) mass is 363 g/mol. The van der Waals surface area contributed by atoms with Crippen LogP contribution in [0, 0.1) is 0 Å².